The lowest BCUT2D eigenvalue weighted by molar-refractivity contribution is -0.163. The quantitative estimate of drug-likeness (QED) is 0.734. The summed E-state index contributed by atoms with van der Waals surface area (Å²) < 4.78 is 37.2. The summed E-state index contributed by atoms with van der Waals surface area (Å²) in [6.07, 6.45) is 1.22. The van der Waals surface area contributed by atoms with Crippen LogP contribution in [0.3, 0.4) is 0 Å². The average molecular weight is 207 g/mol. The molecule has 1 heterocycles. The van der Waals surface area contributed by atoms with Crippen molar-refractivity contribution in [2.45, 2.75) is 56.8 Å². The second-order valence-corrected chi connectivity index (χ2v) is 4.57. The lowest BCUT2D eigenvalue weighted by Gasteiger charge is -2.32. The van der Waals surface area contributed by atoms with Gasteiger partial charge in [0, 0.05) is 6.04 Å². The van der Waals surface area contributed by atoms with Crippen LogP contribution in [0.25, 0.3) is 0 Å². The molecule has 1 saturated heterocycles. The highest BCUT2D eigenvalue weighted by molar-refractivity contribution is 4.88. The van der Waals surface area contributed by atoms with E-state index in [0.29, 0.717) is 12.3 Å². The van der Waals surface area contributed by atoms with Gasteiger partial charge in [0.15, 0.2) is 0 Å². The first-order valence-electron chi connectivity index (χ1n) is 5.38. The van der Waals surface area contributed by atoms with E-state index in [1.54, 1.807) is 0 Å². The summed E-state index contributed by atoms with van der Waals surface area (Å²) in [6.45, 7) is 0. The van der Waals surface area contributed by atoms with Gasteiger partial charge in [0.2, 0.25) is 0 Å². The Bertz CT molecular complexity index is 198. The molecule has 2 rings (SSSR count). The van der Waals surface area contributed by atoms with Gasteiger partial charge < -0.3 is 5.32 Å². The van der Waals surface area contributed by atoms with Gasteiger partial charge in [-0.15, -0.1) is 0 Å². The first kappa shape index (κ1) is 10.3. The molecule has 14 heavy (non-hydrogen) atoms. The summed E-state index contributed by atoms with van der Waals surface area (Å²) in [4.78, 5) is 0. The zero-order valence-corrected chi connectivity index (χ0v) is 8.11. The maximum absolute atomic E-state index is 12.4. The van der Waals surface area contributed by atoms with Crippen LogP contribution >= 0.6 is 0 Å². The Balaban J connectivity index is 1.83. The molecule has 2 aliphatic rings. The number of hydrogen-bond donors (Lipinski definition) is 1. The fourth-order valence-corrected chi connectivity index (χ4v) is 2.22. The summed E-state index contributed by atoms with van der Waals surface area (Å²) in [7, 11) is 0. The topological polar surface area (TPSA) is 12.0 Å². The standard InChI is InChI=1S/C10H16F3N/c11-10(12,13)9-3-1-2-8(14-9)6-7-4-5-7/h7-9,14H,1-6H2. The van der Waals surface area contributed by atoms with Crippen LogP contribution in [0.15, 0.2) is 0 Å². The van der Waals surface area contributed by atoms with E-state index in [1.165, 1.54) is 12.8 Å². The van der Waals surface area contributed by atoms with E-state index in [0.717, 1.165) is 12.8 Å². The zero-order valence-electron chi connectivity index (χ0n) is 8.11. The van der Waals surface area contributed by atoms with E-state index >= 15 is 0 Å². The third-order valence-corrected chi connectivity index (χ3v) is 3.19. The Hall–Kier alpha value is -0.250. The normalized spacial score (nSPS) is 34.5. The second-order valence-electron chi connectivity index (χ2n) is 4.57. The molecular formula is C10H16F3N. The van der Waals surface area contributed by atoms with E-state index in [-0.39, 0.29) is 12.5 Å². The molecule has 0 aromatic carbocycles. The Morgan fingerprint density at radius 1 is 1.07 bits per heavy atom. The molecule has 2 fully saturated rings. The van der Waals surface area contributed by atoms with Crippen LogP contribution in [0.5, 0.6) is 0 Å². The van der Waals surface area contributed by atoms with Gasteiger partial charge in [-0.1, -0.05) is 19.3 Å². The molecule has 1 aliphatic carbocycles. The van der Waals surface area contributed by atoms with Gasteiger partial charge in [0.1, 0.15) is 6.04 Å². The molecule has 0 aromatic heterocycles. The van der Waals surface area contributed by atoms with Crippen molar-refractivity contribution in [2.75, 3.05) is 0 Å². The van der Waals surface area contributed by atoms with E-state index in [4.69, 9.17) is 0 Å². The van der Waals surface area contributed by atoms with Crippen LogP contribution in [0.1, 0.15) is 38.5 Å². The van der Waals surface area contributed by atoms with Gasteiger partial charge in [-0.25, -0.2) is 0 Å². The van der Waals surface area contributed by atoms with Crippen LogP contribution in [-0.4, -0.2) is 18.3 Å². The molecule has 0 bridgehead atoms. The SMILES string of the molecule is FC(F)(F)C1CCCC(CC2CC2)N1. The first-order valence-corrected chi connectivity index (χ1v) is 5.38. The lowest BCUT2D eigenvalue weighted by Crippen LogP contribution is -2.50. The fraction of sp³-hybridized carbons (Fsp3) is 1.00. The van der Waals surface area contributed by atoms with E-state index in [1.807, 2.05) is 0 Å². The smallest absolute Gasteiger partial charge is 0.303 e. The van der Waals surface area contributed by atoms with E-state index < -0.39 is 12.2 Å². The molecule has 1 nitrogen and oxygen atoms in total. The molecule has 82 valence electrons. The molecular weight excluding hydrogens is 191 g/mol. The van der Waals surface area contributed by atoms with Gasteiger partial charge in [0.05, 0.1) is 0 Å². The third kappa shape index (κ3) is 2.62. The minimum atomic E-state index is -4.05. The van der Waals surface area contributed by atoms with Crippen molar-refractivity contribution in [3.8, 4) is 0 Å². The monoisotopic (exact) mass is 207 g/mol. The predicted octanol–water partition coefficient (Wildman–Crippen LogP) is 2.86. The van der Waals surface area contributed by atoms with Gasteiger partial charge in [-0.2, -0.15) is 13.2 Å². The van der Waals surface area contributed by atoms with Crippen LogP contribution in [0.2, 0.25) is 0 Å². The zero-order chi connectivity index (χ0) is 10.2. The van der Waals surface area contributed by atoms with Crippen molar-refractivity contribution >= 4 is 0 Å². The Morgan fingerprint density at radius 2 is 1.79 bits per heavy atom. The van der Waals surface area contributed by atoms with E-state index in [2.05, 4.69) is 5.32 Å². The molecule has 0 spiro atoms. The summed E-state index contributed by atoms with van der Waals surface area (Å²) in [6, 6.07) is -1.14. The molecule has 4 heteroatoms. The van der Waals surface area contributed by atoms with Crippen molar-refractivity contribution < 1.29 is 13.2 Å². The highest BCUT2D eigenvalue weighted by atomic mass is 19.4. The van der Waals surface area contributed by atoms with E-state index in [9.17, 15) is 13.2 Å². The summed E-state index contributed by atoms with van der Waals surface area (Å²) in [5, 5.41) is 2.74. The van der Waals surface area contributed by atoms with Crippen molar-refractivity contribution in [2.24, 2.45) is 5.92 Å². The van der Waals surface area contributed by atoms with Crippen LogP contribution in [-0.2, 0) is 0 Å². The van der Waals surface area contributed by atoms with Crippen LogP contribution in [0.4, 0.5) is 13.2 Å². The number of alkyl halides is 3. The molecule has 1 N–H and O–H groups in total. The van der Waals surface area contributed by atoms with Crippen molar-refractivity contribution in [1.29, 1.82) is 0 Å². The number of halogens is 3. The number of nitrogens with one attached hydrogen (secondary N) is 1. The van der Waals surface area contributed by atoms with Gasteiger partial charge >= 0.3 is 6.18 Å². The maximum Gasteiger partial charge on any atom is 0.403 e. The highest BCUT2D eigenvalue weighted by Gasteiger charge is 2.42. The van der Waals surface area contributed by atoms with Gasteiger partial charge in [-0.05, 0) is 25.2 Å². The maximum atomic E-state index is 12.4. The minimum absolute atomic E-state index is 0.114. The molecule has 2 unspecified atom stereocenters. The molecule has 0 amide bonds. The summed E-state index contributed by atoms with van der Waals surface area (Å²) in [5.41, 5.74) is 0. The minimum Gasteiger partial charge on any atom is -0.303 e. The van der Waals surface area contributed by atoms with Crippen LogP contribution < -0.4 is 5.32 Å². The third-order valence-electron chi connectivity index (χ3n) is 3.19. The molecule has 0 aromatic rings. The summed E-state index contributed by atoms with van der Waals surface area (Å²) in [5.74, 6) is 0.708. The molecule has 2 atom stereocenters. The average Bonchev–Trinajstić information content (AvgIpc) is 2.87. The Labute approximate surface area is 82.1 Å². The van der Waals surface area contributed by atoms with Crippen molar-refractivity contribution in [1.82, 2.24) is 5.32 Å². The fourth-order valence-electron chi connectivity index (χ4n) is 2.22. The summed E-state index contributed by atoms with van der Waals surface area (Å²) >= 11 is 0. The number of hydrogen-bond acceptors (Lipinski definition) is 1. The molecule has 0 radical (unpaired) electrons. The largest absolute Gasteiger partial charge is 0.403 e. The lowest BCUT2D eigenvalue weighted by atomic mass is 9.95. The first-order chi connectivity index (χ1) is 6.55. The number of piperidine rings is 1. The van der Waals surface area contributed by atoms with Crippen molar-refractivity contribution in [3.63, 3.8) is 0 Å². The van der Waals surface area contributed by atoms with Gasteiger partial charge in [0.25, 0.3) is 0 Å². The van der Waals surface area contributed by atoms with Crippen molar-refractivity contribution in [3.05, 3.63) is 0 Å². The predicted molar refractivity (Wildman–Crippen MR) is 48.0 cm³/mol. The highest BCUT2D eigenvalue weighted by Crippen LogP contribution is 2.36. The van der Waals surface area contributed by atoms with Crippen LogP contribution in [0, 0.1) is 5.92 Å². The number of rotatable bonds is 2. The molecule has 1 aliphatic heterocycles. The second kappa shape index (κ2) is 3.72. The Morgan fingerprint density at radius 3 is 2.36 bits per heavy atom. The Kier molecular flexibility index (Phi) is 2.73. The molecule has 1 saturated carbocycles. The van der Waals surface area contributed by atoms with Gasteiger partial charge in [-0.3, -0.25) is 0 Å².